The predicted octanol–water partition coefficient (Wildman–Crippen LogP) is 14.4. The third-order valence-electron chi connectivity index (χ3n) is 12.0. The summed E-state index contributed by atoms with van der Waals surface area (Å²) in [4.78, 5) is 15.6. The summed E-state index contributed by atoms with van der Waals surface area (Å²) in [7, 11) is 0. The Morgan fingerprint density at radius 3 is 1.26 bits per heavy atom. The maximum absolute atomic E-state index is 5.25. The van der Waals surface area contributed by atoms with Gasteiger partial charge in [0.15, 0.2) is 17.5 Å². The second-order valence-corrected chi connectivity index (χ2v) is 15.6. The Kier molecular flexibility index (Phi) is 8.42. The van der Waals surface area contributed by atoms with Crippen LogP contribution in [0.15, 0.2) is 224 Å². The van der Waals surface area contributed by atoms with Gasteiger partial charge in [0, 0.05) is 43.9 Å². The Morgan fingerprint density at radius 1 is 0.258 bits per heavy atom. The van der Waals surface area contributed by atoms with Gasteiger partial charge in [0.1, 0.15) is 0 Å². The standard InChI is InChI=1S/C57H37N5/c1-4-17-38(18-5-1)40-31-33-42(34-32-40)56-58-55(41-21-8-3-9-22-41)59-57(60-56)44-35-43(39-19-6-2-7-20-39)36-45(37-44)61-51-28-15-12-25-48(51)54-52(61)29-16-30-53(54)62-49-26-13-10-23-46(49)47-24-11-14-27-50(47)62/h1-37H. The fourth-order valence-corrected chi connectivity index (χ4v) is 9.11. The molecule has 0 N–H and O–H groups in total. The zero-order chi connectivity index (χ0) is 41.0. The Bertz CT molecular complexity index is 3550. The molecular weight excluding hydrogens is 755 g/mol. The third kappa shape index (κ3) is 5.98. The number of fused-ring (bicyclic) bond motifs is 6. The smallest absolute Gasteiger partial charge is 0.164 e. The van der Waals surface area contributed by atoms with Crippen molar-refractivity contribution in [3.8, 4) is 67.8 Å². The second-order valence-electron chi connectivity index (χ2n) is 15.6. The van der Waals surface area contributed by atoms with E-state index in [0.29, 0.717) is 17.5 Å². The summed E-state index contributed by atoms with van der Waals surface area (Å²) in [6, 6.07) is 79.3. The van der Waals surface area contributed by atoms with Crippen LogP contribution in [0.1, 0.15) is 0 Å². The van der Waals surface area contributed by atoms with Gasteiger partial charge in [-0.25, -0.2) is 15.0 Å². The molecule has 12 rings (SSSR count). The SMILES string of the molecule is c1ccc(-c2ccc(-c3nc(-c4ccccc4)nc(-c4cc(-c5ccccc5)cc(-n5c6ccccc6c6c(-n7c8ccccc8c8ccccc87)cccc65)c4)n3)cc2)cc1. The van der Waals surface area contributed by atoms with Crippen molar-refractivity contribution in [3.05, 3.63) is 224 Å². The number of aromatic nitrogens is 5. The van der Waals surface area contributed by atoms with Gasteiger partial charge < -0.3 is 9.13 Å². The summed E-state index contributed by atoms with van der Waals surface area (Å²) < 4.78 is 4.83. The number of hydrogen-bond acceptors (Lipinski definition) is 3. The monoisotopic (exact) mass is 791 g/mol. The van der Waals surface area contributed by atoms with Crippen molar-refractivity contribution < 1.29 is 0 Å². The molecule has 9 aromatic carbocycles. The fourth-order valence-electron chi connectivity index (χ4n) is 9.11. The average molecular weight is 792 g/mol. The van der Waals surface area contributed by atoms with Crippen molar-refractivity contribution in [2.75, 3.05) is 0 Å². The van der Waals surface area contributed by atoms with Crippen molar-refractivity contribution >= 4 is 43.6 Å². The lowest BCUT2D eigenvalue weighted by Crippen LogP contribution is -2.02. The lowest BCUT2D eigenvalue weighted by Gasteiger charge is -2.15. The zero-order valence-electron chi connectivity index (χ0n) is 33.6. The van der Waals surface area contributed by atoms with Crippen LogP contribution < -0.4 is 0 Å². The first kappa shape index (κ1) is 35.5. The number of para-hydroxylation sites is 3. The molecule has 5 nitrogen and oxygen atoms in total. The van der Waals surface area contributed by atoms with Crippen molar-refractivity contribution in [2.45, 2.75) is 0 Å². The van der Waals surface area contributed by atoms with Crippen LogP contribution in [0.25, 0.3) is 111 Å². The number of rotatable bonds is 7. The first-order valence-electron chi connectivity index (χ1n) is 20.9. The Hall–Kier alpha value is -8.41. The molecule has 0 saturated carbocycles. The van der Waals surface area contributed by atoms with Gasteiger partial charge in [-0.2, -0.15) is 0 Å². The highest BCUT2D eigenvalue weighted by Crippen LogP contribution is 2.41. The van der Waals surface area contributed by atoms with E-state index in [2.05, 4.69) is 209 Å². The molecule has 0 spiro atoms. The van der Waals surface area contributed by atoms with Crippen LogP contribution in [0.2, 0.25) is 0 Å². The molecule has 0 fully saturated rings. The Balaban J connectivity index is 1.10. The lowest BCUT2D eigenvalue weighted by molar-refractivity contribution is 1.07. The molecule has 290 valence electrons. The van der Waals surface area contributed by atoms with E-state index >= 15 is 0 Å². The van der Waals surface area contributed by atoms with Gasteiger partial charge in [-0.1, -0.05) is 176 Å². The van der Waals surface area contributed by atoms with E-state index in [-0.39, 0.29) is 0 Å². The van der Waals surface area contributed by atoms with E-state index in [1.54, 1.807) is 0 Å². The van der Waals surface area contributed by atoms with Gasteiger partial charge >= 0.3 is 0 Å². The lowest BCUT2D eigenvalue weighted by atomic mass is 10.0. The van der Waals surface area contributed by atoms with Crippen LogP contribution in [0.3, 0.4) is 0 Å². The average Bonchev–Trinajstić information content (AvgIpc) is 3.88. The summed E-state index contributed by atoms with van der Waals surface area (Å²) in [5.41, 5.74) is 14.0. The highest BCUT2D eigenvalue weighted by molar-refractivity contribution is 6.16. The minimum atomic E-state index is 0.603. The molecule has 0 atom stereocenters. The highest BCUT2D eigenvalue weighted by Gasteiger charge is 2.21. The van der Waals surface area contributed by atoms with Crippen molar-refractivity contribution in [1.82, 2.24) is 24.1 Å². The van der Waals surface area contributed by atoms with Gasteiger partial charge in [-0.3, -0.25) is 0 Å². The Labute approximate surface area is 358 Å². The molecule has 0 saturated heterocycles. The molecule has 0 unspecified atom stereocenters. The molecule has 5 heteroatoms. The molecular formula is C57H37N5. The minimum Gasteiger partial charge on any atom is -0.309 e. The molecule has 62 heavy (non-hydrogen) atoms. The van der Waals surface area contributed by atoms with E-state index in [4.69, 9.17) is 15.0 Å². The van der Waals surface area contributed by atoms with Crippen molar-refractivity contribution in [1.29, 1.82) is 0 Å². The molecule has 0 radical (unpaired) electrons. The van der Waals surface area contributed by atoms with Crippen LogP contribution >= 0.6 is 0 Å². The van der Waals surface area contributed by atoms with E-state index in [1.165, 1.54) is 32.6 Å². The molecule has 0 amide bonds. The molecule has 12 aromatic rings. The van der Waals surface area contributed by atoms with E-state index in [9.17, 15) is 0 Å². The first-order chi connectivity index (χ1) is 30.7. The Morgan fingerprint density at radius 2 is 0.661 bits per heavy atom. The van der Waals surface area contributed by atoms with Gasteiger partial charge in [0.2, 0.25) is 0 Å². The van der Waals surface area contributed by atoms with Gasteiger partial charge in [0.05, 0.1) is 27.8 Å². The summed E-state index contributed by atoms with van der Waals surface area (Å²) >= 11 is 0. The minimum absolute atomic E-state index is 0.603. The maximum atomic E-state index is 5.25. The van der Waals surface area contributed by atoms with E-state index in [0.717, 1.165) is 61.4 Å². The molecule has 3 aromatic heterocycles. The molecule has 0 aliphatic heterocycles. The van der Waals surface area contributed by atoms with Gasteiger partial charge in [0.25, 0.3) is 0 Å². The van der Waals surface area contributed by atoms with Crippen LogP contribution in [0, 0.1) is 0 Å². The van der Waals surface area contributed by atoms with Crippen LogP contribution in [-0.2, 0) is 0 Å². The van der Waals surface area contributed by atoms with Crippen LogP contribution in [-0.4, -0.2) is 24.1 Å². The van der Waals surface area contributed by atoms with Crippen LogP contribution in [0.5, 0.6) is 0 Å². The van der Waals surface area contributed by atoms with E-state index in [1.807, 2.05) is 24.3 Å². The van der Waals surface area contributed by atoms with E-state index < -0.39 is 0 Å². The molecule has 3 heterocycles. The van der Waals surface area contributed by atoms with Crippen molar-refractivity contribution in [2.24, 2.45) is 0 Å². The summed E-state index contributed by atoms with van der Waals surface area (Å²) in [6.45, 7) is 0. The summed E-state index contributed by atoms with van der Waals surface area (Å²) in [5, 5.41) is 4.85. The summed E-state index contributed by atoms with van der Waals surface area (Å²) in [6.07, 6.45) is 0. The van der Waals surface area contributed by atoms with Gasteiger partial charge in [-0.15, -0.1) is 0 Å². The zero-order valence-corrected chi connectivity index (χ0v) is 33.6. The number of hydrogen-bond donors (Lipinski definition) is 0. The fraction of sp³-hybridized carbons (Fsp3) is 0. The predicted molar refractivity (Wildman–Crippen MR) is 256 cm³/mol. The summed E-state index contributed by atoms with van der Waals surface area (Å²) in [5.74, 6) is 1.84. The second kappa shape index (κ2) is 14.7. The highest BCUT2D eigenvalue weighted by atomic mass is 15.0. The van der Waals surface area contributed by atoms with Crippen molar-refractivity contribution in [3.63, 3.8) is 0 Å². The maximum Gasteiger partial charge on any atom is 0.164 e. The number of benzene rings is 9. The van der Waals surface area contributed by atoms with Crippen LogP contribution in [0.4, 0.5) is 0 Å². The van der Waals surface area contributed by atoms with Gasteiger partial charge in [-0.05, 0) is 70.8 Å². The number of nitrogens with zero attached hydrogens (tertiary/aromatic N) is 5. The molecule has 0 aliphatic carbocycles. The first-order valence-corrected chi connectivity index (χ1v) is 20.9. The third-order valence-corrected chi connectivity index (χ3v) is 12.0. The largest absolute Gasteiger partial charge is 0.309 e. The normalized spacial score (nSPS) is 11.5. The quantitative estimate of drug-likeness (QED) is 0.162. The topological polar surface area (TPSA) is 48.5 Å². The molecule has 0 aliphatic rings. The molecule has 0 bridgehead atoms.